The Morgan fingerprint density at radius 3 is 2.46 bits per heavy atom. The third kappa shape index (κ3) is 2.85. The predicted molar refractivity (Wildman–Crippen MR) is 113 cm³/mol. The van der Waals surface area contributed by atoms with Crippen LogP contribution in [0.2, 0.25) is 0 Å². The number of hydrogen-bond acceptors (Lipinski definition) is 4. The average molecular weight is 394 g/mol. The van der Waals surface area contributed by atoms with Crippen molar-refractivity contribution in [3.05, 3.63) is 74.6 Å². The molecule has 28 heavy (non-hydrogen) atoms. The Labute approximate surface area is 168 Å². The number of rotatable bonds is 4. The summed E-state index contributed by atoms with van der Waals surface area (Å²) in [5.74, 6) is -0.00776. The van der Waals surface area contributed by atoms with Crippen molar-refractivity contribution in [2.75, 3.05) is 12.8 Å². The molecule has 1 atom stereocenters. The van der Waals surface area contributed by atoms with E-state index >= 15 is 0 Å². The fraction of sp³-hybridized carbons (Fsp3) is 0.304. The number of amides is 1. The molecule has 2 aromatic carbocycles. The Bertz CT molecular complexity index is 1130. The zero-order valence-corrected chi connectivity index (χ0v) is 17.4. The zero-order chi connectivity index (χ0) is 20.0. The van der Waals surface area contributed by atoms with Gasteiger partial charge >= 0.3 is 0 Å². The molecule has 0 saturated heterocycles. The van der Waals surface area contributed by atoms with E-state index in [4.69, 9.17) is 4.42 Å². The molecule has 1 aliphatic heterocycles. The molecule has 144 valence electrons. The fourth-order valence-corrected chi connectivity index (χ4v) is 4.49. The molecule has 0 spiro atoms. The number of thioether (sulfide) groups is 1. The smallest absolute Gasteiger partial charge is 0.290 e. The zero-order valence-electron chi connectivity index (χ0n) is 16.5. The lowest BCUT2D eigenvalue weighted by Gasteiger charge is -2.24. The van der Waals surface area contributed by atoms with Crippen LogP contribution < -0.4 is 5.43 Å². The SMILES string of the molecule is CCCN1C(=O)c2oc3c(C)cc(C)cc3c(=O)c2C1c1ccc(SC)cc1. The summed E-state index contributed by atoms with van der Waals surface area (Å²) in [4.78, 5) is 29.6. The third-order valence-corrected chi connectivity index (χ3v) is 6.04. The van der Waals surface area contributed by atoms with Crippen LogP contribution in [0.5, 0.6) is 0 Å². The van der Waals surface area contributed by atoms with E-state index in [0.717, 1.165) is 28.0 Å². The molecule has 1 unspecified atom stereocenters. The highest BCUT2D eigenvalue weighted by molar-refractivity contribution is 7.98. The topological polar surface area (TPSA) is 50.5 Å². The van der Waals surface area contributed by atoms with Gasteiger partial charge in [-0.05, 0) is 61.4 Å². The van der Waals surface area contributed by atoms with Crippen LogP contribution in [-0.2, 0) is 0 Å². The molecular formula is C23H23NO3S. The van der Waals surface area contributed by atoms with Crippen molar-refractivity contribution >= 4 is 28.6 Å². The number of aryl methyl sites for hydroxylation is 2. The van der Waals surface area contributed by atoms with Gasteiger partial charge in [0.2, 0.25) is 5.76 Å². The Morgan fingerprint density at radius 2 is 1.82 bits per heavy atom. The minimum absolute atomic E-state index is 0.103. The summed E-state index contributed by atoms with van der Waals surface area (Å²) in [6.45, 7) is 6.48. The van der Waals surface area contributed by atoms with E-state index < -0.39 is 6.04 Å². The summed E-state index contributed by atoms with van der Waals surface area (Å²) in [6, 6.07) is 11.5. The first kappa shape index (κ1) is 18.8. The lowest BCUT2D eigenvalue weighted by Crippen LogP contribution is -2.30. The van der Waals surface area contributed by atoms with E-state index in [1.165, 1.54) is 0 Å². The normalized spacial score (nSPS) is 16.1. The molecule has 0 radical (unpaired) electrons. The molecule has 0 saturated carbocycles. The molecular weight excluding hydrogens is 370 g/mol. The van der Waals surface area contributed by atoms with Crippen molar-refractivity contribution < 1.29 is 9.21 Å². The van der Waals surface area contributed by atoms with E-state index in [9.17, 15) is 9.59 Å². The van der Waals surface area contributed by atoms with Crippen LogP contribution in [0.4, 0.5) is 0 Å². The Balaban J connectivity index is 2.00. The molecule has 5 heteroatoms. The molecule has 1 aromatic heterocycles. The number of carbonyl (C=O) groups excluding carboxylic acids is 1. The van der Waals surface area contributed by atoms with Crippen LogP contribution in [0.1, 0.15) is 52.2 Å². The van der Waals surface area contributed by atoms with E-state index in [2.05, 4.69) is 0 Å². The van der Waals surface area contributed by atoms with E-state index in [-0.39, 0.29) is 17.1 Å². The number of hydrogen-bond donors (Lipinski definition) is 0. The summed E-state index contributed by atoms with van der Waals surface area (Å²) >= 11 is 1.66. The maximum Gasteiger partial charge on any atom is 0.290 e. The van der Waals surface area contributed by atoms with Crippen molar-refractivity contribution in [1.82, 2.24) is 4.90 Å². The molecule has 0 fully saturated rings. The standard InChI is InChI=1S/C23H23NO3S/c1-5-10-24-19(15-6-8-16(28-4)9-7-15)18-20(25)17-12-13(2)11-14(3)21(17)27-22(18)23(24)26/h6-9,11-12,19H,5,10H2,1-4H3. The van der Waals surface area contributed by atoms with Gasteiger partial charge in [-0.25, -0.2) is 0 Å². The van der Waals surface area contributed by atoms with Gasteiger partial charge in [0.05, 0.1) is 17.0 Å². The summed E-state index contributed by atoms with van der Waals surface area (Å²) in [6.07, 6.45) is 2.84. The first-order valence-electron chi connectivity index (χ1n) is 9.49. The van der Waals surface area contributed by atoms with Gasteiger partial charge in [-0.15, -0.1) is 11.8 Å². The monoisotopic (exact) mass is 393 g/mol. The Morgan fingerprint density at radius 1 is 1.11 bits per heavy atom. The predicted octanol–water partition coefficient (Wildman–Crippen LogP) is 5.09. The van der Waals surface area contributed by atoms with Crippen LogP contribution >= 0.6 is 11.8 Å². The molecule has 3 aromatic rings. The number of nitrogens with zero attached hydrogens (tertiary/aromatic N) is 1. The molecule has 0 N–H and O–H groups in total. The number of fused-ring (bicyclic) bond motifs is 2. The van der Waals surface area contributed by atoms with Crippen LogP contribution in [-0.4, -0.2) is 23.6 Å². The highest BCUT2D eigenvalue weighted by Crippen LogP contribution is 2.39. The van der Waals surface area contributed by atoms with Crippen LogP contribution in [0.15, 0.2) is 50.5 Å². The lowest BCUT2D eigenvalue weighted by molar-refractivity contribution is 0.0728. The highest BCUT2D eigenvalue weighted by Gasteiger charge is 2.42. The third-order valence-electron chi connectivity index (χ3n) is 5.29. The minimum Gasteiger partial charge on any atom is -0.450 e. The van der Waals surface area contributed by atoms with Crippen molar-refractivity contribution in [2.45, 2.75) is 38.1 Å². The fourth-order valence-electron chi connectivity index (χ4n) is 4.08. The Hall–Kier alpha value is -2.53. The van der Waals surface area contributed by atoms with Gasteiger partial charge in [0.15, 0.2) is 5.43 Å². The van der Waals surface area contributed by atoms with Gasteiger partial charge in [0, 0.05) is 11.4 Å². The van der Waals surface area contributed by atoms with Gasteiger partial charge in [-0.3, -0.25) is 9.59 Å². The average Bonchev–Trinajstić information content (AvgIpc) is 2.96. The molecule has 4 nitrogen and oxygen atoms in total. The van der Waals surface area contributed by atoms with E-state index in [0.29, 0.717) is 23.1 Å². The first-order valence-corrected chi connectivity index (χ1v) is 10.7. The largest absolute Gasteiger partial charge is 0.450 e. The summed E-state index contributed by atoms with van der Waals surface area (Å²) in [5, 5.41) is 0.549. The van der Waals surface area contributed by atoms with Crippen LogP contribution in [0.25, 0.3) is 11.0 Å². The molecule has 1 aliphatic rings. The lowest BCUT2D eigenvalue weighted by atomic mass is 9.97. The van der Waals surface area contributed by atoms with Crippen molar-refractivity contribution in [1.29, 1.82) is 0 Å². The minimum atomic E-state index is -0.403. The first-order chi connectivity index (χ1) is 13.5. The van der Waals surface area contributed by atoms with Crippen molar-refractivity contribution in [2.24, 2.45) is 0 Å². The number of carbonyl (C=O) groups is 1. The van der Waals surface area contributed by atoms with Crippen molar-refractivity contribution in [3.8, 4) is 0 Å². The number of benzene rings is 2. The highest BCUT2D eigenvalue weighted by atomic mass is 32.2. The van der Waals surface area contributed by atoms with Gasteiger partial charge < -0.3 is 9.32 Å². The molecule has 0 bridgehead atoms. The van der Waals surface area contributed by atoms with Gasteiger partial charge in [0.25, 0.3) is 5.91 Å². The second-order valence-corrected chi connectivity index (χ2v) is 8.19. The summed E-state index contributed by atoms with van der Waals surface area (Å²) < 4.78 is 6.06. The Kier molecular flexibility index (Phi) is 4.79. The summed E-state index contributed by atoms with van der Waals surface area (Å²) in [5.41, 5.74) is 3.69. The molecule has 4 rings (SSSR count). The quantitative estimate of drug-likeness (QED) is 0.580. The molecule has 0 aliphatic carbocycles. The van der Waals surface area contributed by atoms with E-state index in [1.54, 1.807) is 16.7 Å². The van der Waals surface area contributed by atoms with Gasteiger partial charge in [-0.2, -0.15) is 0 Å². The van der Waals surface area contributed by atoms with Gasteiger partial charge in [-0.1, -0.05) is 25.1 Å². The van der Waals surface area contributed by atoms with Gasteiger partial charge in [0.1, 0.15) is 5.58 Å². The van der Waals surface area contributed by atoms with E-state index in [1.807, 2.05) is 63.4 Å². The second-order valence-electron chi connectivity index (χ2n) is 7.31. The summed E-state index contributed by atoms with van der Waals surface area (Å²) in [7, 11) is 0. The molecule has 2 heterocycles. The maximum absolute atomic E-state index is 13.5. The van der Waals surface area contributed by atoms with Crippen molar-refractivity contribution in [3.63, 3.8) is 0 Å². The van der Waals surface area contributed by atoms with Crippen LogP contribution in [0.3, 0.4) is 0 Å². The molecule has 1 amide bonds. The maximum atomic E-state index is 13.5. The second kappa shape index (κ2) is 7.13. The van der Waals surface area contributed by atoms with Crippen LogP contribution in [0, 0.1) is 13.8 Å².